The number of alkyl halides is 3. The van der Waals surface area contributed by atoms with Gasteiger partial charge in [0.25, 0.3) is 0 Å². The summed E-state index contributed by atoms with van der Waals surface area (Å²) < 4.78 is 82.1. The van der Waals surface area contributed by atoms with Crippen LogP contribution in [-0.4, -0.2) is 0 Å². The molecule has 4 rings (SSSR count). The number of unbranched alkanes of at least 4 members (excludes halogenated alkanes) is 4. The maximum atomic E-state index is 15.4. The van der Waals surface area contributed by atoms with Crippen molar-refractivity contribution in [2.45, 2.75) is 51.6 Å². The van der Waals surface area contributed by atoms with Crippen molar-refractivity contribution in [1.82, 2.24) is 0 Å². The Balaban J connectivity index is 1.69. The van der Waals surface area contributed by atoms with Crippen LogP contribution < -0.4 is 0 Å². The van der Waals surface area contributed by atoms with Gasteiger partial charge in [-0.1, -0.05) is 75.1 Å². The first-order chi connectivity index (χ1) is 16.2. The number of hydrogen-bond donors (Lipinski definition) is 0. The lowest BCUT2D eigenvalue weighted by Crippen LogP contribution is -2.11. The smallest absolute Gasteiger partial charge is 0.206 e. The lowest BCUT2D eigenvalue weighted by atomic mass is 9.94. The molecule has 34 heavy (non-hydrogen) atoms. The first kappa shape index (κ1) is 24.1. The average molecular weight is 474 g/mol. The van der Waals surface area contributed by atoms with Gasteiger partial charge in [0, 0.05) is 10.9 Å². The van der Waals surface area contributed by atoms with E-state index in [1.165, 1.54) is 37.3 Å². The van der Waals surface area contributed by atoms with Crippen LogP contribution in [0.15, 0.2) is 54.6 Å². The van der Waals surface area contributed by atoms with Crippen molar-refractivity contribution in [3.05, 3.63) is 83.2 Å². The molecule has 0 fully saturated rings. The lowest BCUT2D eigenvalue weighted by Gasteiger charge is -2.13. The predicted octanol–water partition coefficient (Wildman–Crippen LogP) is 9.61. The Morgan fingerprint density at radius 3 is 2.00 bits per heavy atom. The molecule has 0 nitrogen and oxygen atoms in total. The van der Waals surface area contributed by atoms with Gasteiger partial charge in [-0.15, -0.1) is 0 Å². The molecule has 0 unspecified atom stereocenters. The number of aryl methyl sites for hydroxylation is 1. The van der Waals surface area contributed by atoms with Gasteiger partial charge in [-0.3, -0.25) is 0 Å². The molecule has 178 valence electrons. The van der Waals surface area contributed by atoms with E-state index in [9.17, 15) is 22.0 Å². The molecule has 0 heterocycles. The van der Waals surface area contributed by atoms with E-state index in [1.807, 2.05) is 12.1 Å². The topological polar surface area (TPSA) is 0 Å². The Kier molecular flexibility index (Phi) is 6.87. The molecule has 0 aliphatic rings. The van der Waals surface area contributed by atoms with Crippen LogP contribution in [0, 0.1) is 17.5 Å². The fourth-order valence-electron chi connectivity index (χ4n) is 4.47. The van der Waals surface area contributed by atoms with Gasteiger partial charge >= 0.3 is 6.18 Å². The molecule has 4 aromatic carbocycles. The summed E-state index contributed by atoms with van der Waals surface area (Å²) >= 11 is 0. The maximum Gasteiger partial charge on any atom is 0.422 e. The zero-order chi connectivity index (χ0) is 24.5. The van der Waals surface area contributed by atoms with Crippen molar-refractivity contribution in [2.24, 2.45) is 0 Å². The largest absolute Gasteiger partial charge is 0.422 e. The van der Waals surface area contributed by atoms with E-state index in [1.54, 1.807) is 18.2 Å². The summed E-state index contributed by atoms with van der Waals surface area (Å²) in [5.74, 6) is -4.29. The van der Waals surface area contributed by atoms with Crippen molar-refractivity contribution >= 4 is 21.5 Å². The minimum atomic E-state index is -5.18. The lowest BCUT2D eigenvalue weighted by molar-refractivity contribution is -0.142. The van der Waals surface area contributed by atoms with E-state index in [-0.39, 0.29) is 16.5 Å². The van der Waals surface area contributed by atoms with E-state index in [4.69, 9.17) is 0 Å². The molecule has 0 bridgehead atoms. The summed E-state index contributed by atoms with van der Waals surface area (Å²) in [4.78, 5) is 0. The van der Waals surface area contributed by atoms with Crippen molar-refractivity contribution in [3.63, 3.8) is 0 Å². The zero-order valence-electron chi connectivity index (χ0n) is 18.7. The Labute approximate surface area is 194 Å². The number of halogens is 6. The summed E-state index contributed by atoms with van der Waals surface area (Å²) in [6.45, 7) is 2.18. The third-order valence-electron chi connectivity index (χ3n) is 6.22. The number of fused-ring (bicyclic) bond motifs is 3. The summed E-state index contributed by atoms with van der Waals surface area (Å²) in [5, 5.41) is 2.65. The van der Waals surface area contributed by atoms with Crippen molar-refractivity contribution in [3.8, 4) is 11.1 Å². The van der Waals surface area contributed by atoms with Crippen LogP contribution >= 0.6 is 0 Å². The molecule has 0 radical (unpaired) electrons. The van der Waals surface area contributed by atoms with Gasteiger partial charge < -0.3 is 0 Å². The summed E-state index contributed by atoms with van der Waals surface area (Å²) in [6.07, 6.45) is 1.74. The first-order valence-corrected chi connectivity index (χ1v) is 11.4. The maximum absolute atomic E-state index is 15.4. The second kappa shape index (κ2) is 9.69. The molecule has 0 atom stereocenters. The van der Waals surface area contributed by atoms with Crippen LogP contribution in [0.1, 0.15) is 50.2 Å². The molecule has 4 aromatic rings. The Morgan fingerprint density at radius 1 is 0.676 bits per heavy atom. The van der Waals surface area contributed by atoms with Crippen LogP contribution in [-0.2, 0) is 12.6 Å². The van der Waals surface area contributed by atoms with Gasteiger partial charge in [0.05, 0.1) is 0 Å². The predicted molar refractivity (Wildman–Crippen MR) is 124 cm³/mol. The number of hydrogen-bond acceptors (Lipinski definition) is 0. The average Bonchev–Trinajstić information content (AvgIpc) is 2.77. The summed E-state index contributed by atoms with van der Waals surface area (Å²) in [5.41, 5.74) is -1.23. The molecule has 0 amide bonds. The fraction of sp³-hybridized carbons (Fsp3) is 0.286. The molecule has 0 saturated heterocycles. The molecule has 0 aliphatic heterocycles. The highest BCUT2D eigenvalue weighted by Gasteiger charge is 2.38. The fourth-order valence-corrected chi connectivity index (χ4v) is 4.47. The zero-order valence-corrected chi connectivity index (χ0v) is 18.7. The normalized spacial score (nSPS) is 12.1. The Bertz CT molecular complexity index is 1310. The SMILES string of the molecule is CCCCCCCc1ccc2c(ccc3c(F)c(-c4cc(F)c(C(F)(F)F)c(F)c4)ccc32)c1. The summed E-state index contributed by atoms with van der Waals surface area (Å²) in [7, 11) is 0. The molecule has 0 saturated carbocycles. The molecular formula is C28H24F6. The van der Waals surface area contributed by atoms with Gasteiger partial charge in [0.1, 0.15) is 23.0 Å². The van der Waals surface area contributed by atoms with Gasteiger partial charge in [0.2, 0.25) is 0 Å². The summed E-state index contributed by atoms with van der Waals surface area (Å²) in [6, 6.07) is 13.4. The van der Waals surface area contributed by atoms with Gasteiger partial charge in [-0.25, -0.2) is 13.2 Å². The van der Waals surface area contributed by atoms with Crippen molar-refractivity contribution in [1.29, 1.82) is 0 Å². The molecule has 0 N–H and O–H groups in total. The van der Waals surface area contributed by atoms with Gasteiger partial charge in [-0.05, 0) is 52.3 Å². The van der Waals surface area contributed by atoms with Crippen LogP contribution in [0.25, 0.3) is 32.7 Å². The monoisotopic (exact) mass is 474 g/mol. The van der Waals surface area contributed by atoms with Gasteiger partial charge in [0.15, 0.2) is 0 Å². The second-order valence-electron chi connectivity index (χ2n) is 8.62. The van der Waals surface area contributed by atoms with Crippen LogP contribution in [0.2, 0.25) is 0 Å². The highest BCUT2D eigenvalue weighted by atomic mass is 19.4. The highest BCUT2D eigenvalue weighted by molar-refractivity contribution is 6.08. The standard InChI is InChI=1S/C28H24F6/c1-2-3-4-5-6-7-17-8-10-20-18(14-17)9-11-23-22(20)13-12-21(27(23)31)19-15-24(29)26(25(30)16-19)28(32,33)34/h8-16H,2-7H2,1H3. The molecule has 0 aliphatic carbocycles. The van der Waals surface area contributed by atoms with E-state index in [2.05, 4.69) is 13.0 Å². The van der Waals surface area contributed by atoms with Crippen LogP contribution in [0.3, 0.4) is 0 Å². The van der Waals surface area contributed by atoms with E-state index in [0.717, 1.165) is 23.6 Å². The van der Waals surface area contributed by atoms with Crippen LogP contribution in [0.5, 0.6) is 0 Å². The molecular weight excluding hydrogens is 450 g/mol. The van der Waals surface area contributed by atoms with Crippen molar-refractivity contribution in [2.75, 3.05) is 0 Å². The number of benzene rings is 4. The van der Waals surface area contributed by atoms with Crippen molar-refractivity contribution < 1.29 is 26.3 Å². The Hall–Kier alpha value is -3.02. The third-order valence-corrected chi connectivity index (χ3v) is 6.22. The van der Waals surface area contributed by atoms with E-state index < -0.39 is 29.2 Å². The highest BCUT2D eigenvalue weighted by Crippen LogP contribution is 2.38. The molecule has 0 spiro atoms. The van der Waals surface area contributed by atoms with Gasteiger partial charge in [-0.2, -0.15) is 13.2 Å². The van der Waals surface area contributed by atoms with Crippen LogP contribution in [0.4, 0.5) is 26.3 Å². The quantitative estimate of drug-likeness (QED) is 0.142. The Morgan fingerprint density at radius 2 is 1.32 bits per heavy atom. The minimum Gasteiger partial charge on any atom is -0.206 e. The molecule has 0 aromatic heterocycles. The number of rotatable bonds is 7. The second-order valence-corrected chi connectivity index (χ2v) is 8.62. The molecule has 6 heteroatoms. The first-order valence-electron chi connectivity index (χ1n) is 11.4. The van der Waals surface area contributed by atoms with E-state index in [0.29, 0.717) is 17.5 Å². The van der Waals surface area contributed by atoms with E-state index >= 15 is 4.39 Å². The minimum absolute atomic E-state index is 0.165. The third kappa shape index (κ3) is 4.77.